The molecule has 2 aliphatic rings. The van der Waals surface area contributed by atoms with Crippen molar-refractivity contribution in [2.75, 3.05) is 13.7 Å². The van der Waals surface area contributed by atoms with Crippen molar-refractivity contribution in [3.8, 4) is 5.75 Å². The number of nitrogens with one attached hydrogen (secondary N) is 1. The fourth-order valence-corrected chi connectivity index (χ4v) is 4.08. The second-order valence-electron chi connectivity index (χ2n) is 7.46. The number of amides is 1. The van der Waals surface area contributed by atoms with Crippen molar-refractivity contribution in [2.24, 2.45) is 5.73 Å². The highest BCUT2D eigenvalue weighted by Gasteiger charge is 2.43. The van der Waals surface area contributed by atoms with E-state index in [0.29, 0.717) is 18.2 Å². The van der Waals surface area contributed by atoms with Gasteiger partial charge in [-0.15, -0.1) is 12.4 Å². The number of halogens is 1. The lowest BCUT2D eigenvalue weighted by molar-refractivity contribution is 0.0923. The largest absolute Gasteiger partial charge is 0.497 e. The minimum Gasteiger partial charge on any atom is -0.497 e. The van der Waals surface area contributed by atoms with Gasteiger partial charge in [-0.1, -0.05) is 24.3 Å². The van der Waals surface area contributed by atoms with Gasteiger partial charge in [0.25, 0.3) is 5.91 Å². The average Bonchev–Trinajstić information content (AvgIpc) is 3.48. The SMILES string of the molecule is COc1cccc(C2C(NC(=O)c3ccc(CN)cc3)CCN2C2CC2)c1.Cl. The Morgan fingerprint density at radius 1 is 1.18 bits per heavy atom. The third-order valence-corrected chi connectivity index (χ3v) is 5.66. The van der Waals surface area contributed by atoms with Gasteiger partial charge in [-0.25, -0.2) is 0 Å². The first kappa shape index (κ1) is 20.6. The van der Waals surface area contributed by atoms with Gasteiger partial charge in [0.15, 0.2) is 0 Å². The minimum atomic E-state index is -0.0193. The first-order valence-corrected chi connectivity index (χ1v) is 9.69. The van der Waals surface area contributed by atoms with E-state index in [1.807, 2.05) is 36.4 Å². The molecular formula is C22H28ClN3O2. The molecule has 1 saturated heterocycles. The van der Waals surface area contributed by atoms with Crippen LogP contribution in [0.15, 0.2) is 48.5 Å². The van der Waals surface area contributed by atoms with Crippen LogP contribution in [0.2, 0.25) is 0 Å². The van der Waals surface area contributed by atoms with Crippen molar-refractivity contribution in [3.05, 3.63) is 65.2 Å². The summed E-state index contributed by atoms with van der Waals surface area (Å²) in [5.41, 5.74) is 8.57. The van der Waals surface area contributed by atoms with Gasteiger partial charge in [0.05, 0.1) is 19.2 Å². The molecular weight excluding hydrogens is 374 g/mol. The van der Waals surface area contributed by atoms with E-state index in [4.69, 9.17) is 10.5 Å². The monoisotopic (exact) mass is 401 g/mol. The van der Waals surface area contributed by atoms with Gasteiger partial charge < -0.3 is 15.8 Å². The lowest BCUT2D eigenvalue weighted by atomic mass is 9.99. The quantitative estimate of drug-likeness (QED) is 0.779. The van der Waals surface area contributed by atoms with Gasteiger partial charge in [-0.2, -0.15) is 0 Å². The Morgan fingerprint density at radius 2 is 1.93 bits per heavy atom. The molecule has 1 aliphatic carbocycles. The zero-order valence-corrected chi connectivity index (χ0v) is 17.0. The van der Waals surface area contributed by atoms with Crippen molar-refractivity contribution in [2.45, 2.75) is 43.9 Å². The molecule has 2 aromatic rings. The minimum absolute atomic E-state index is 0. The topological polar surface area (TPSA) is 67.6 Å². The molecule has 5 nitrogen and oxygen atoms in total. The molecule has 2 aromatic carbocycles. The first-order valence-electron chi connectivity index (χ1n) is 9.69. The van der Waals surface area contributed by atoms with Crippen LogP contribution in [-0.2, 0) is 6.54 Å². The molecule has 150 valence electrons. The van der Waals surface area contributed by atoms with Gasteiger partial charge in [-0.05, 0) is 54.7 Å². The maximum Gasteiger partial charge on any atom is 0.251 e. The van der Waals surface area contributed by atoms with E-state index in [-0.39, 0.29) is 30.4 Å². The number of hydrogen-bond donors (Lipinski definition) is 2. The van der Waals surface area contributed by atoms with Crippen molar-refractivity contribution >= 4 is 18.3 Å². The normalized spacial score (nSPS) is 21.8. The zero-order chi connectivity index (χ0) is 18.8. The van der Waals surface area contributed by atoms with Gasteiger partial charge >= 0.3 is 0 Å². The van der Waals surface area contributed by atoms with Crippen molar-refractivity contribution in [3.63, 3.8) is 0 Å². The zero-order valence-electron chi connectivity index (χ0n) is 16.1. The fraction of sp³-hybridized carbons (Fsp3) is 0.409. The maximum absolute atomic E-state index is 12.8. The summed E-state index contributed by atoms with van der Waals surface area (Å²) < 4.78 is 5.42. The Kier molecular flexibility index (Phi) is 6.60. The van der Waals surface area contributed by atoms with Crippen molar-refractivity contribution in [1.82, 2.24) is 10.2 Å². The number of hydrogen-bond acceptors (Lipinski definition) is 4. The number of rotatable bonds is 6. The molecule has 4 rings (SSSR count). The average molecular weight is 402 g/mol. The fourth-order valence-electron chi connectivity index (χ4n) is 4.08. The molecule has 1 aliphatic heterocycles. The molecule has 0 aromatic heterocycles. The molecule has 1 amide bonds. The molecule has 2 atom stereocenters. The number of carbonyl (C=O) groups is 1. The summed E-state index contributed by atoms with van der Waals surface area (Å²) >= 11 is 0. The number of likely N-dealkylation sites (tertiary alicyclic amines) is 1. The third kappa shape index (κ3) is 4.32. The standard InChI is InChI=1S/C22H27N3O2.ClH/c1-27-19-4-2-3-17(13-19)21-20(11-12-25(21)18-9-10-18)24-22(26)16-7-5-15(14-23)6-8-16;/h2-8,13,18,20-21H,9-12,14,23H2,1H3,(H,24,26);1H. The van der Waals surface area contributed by atoms with E-state index in [1.165, 1.54) is 18.4 Å². The summed E-state index contributed by atoms with van der Waals surface area (Å²) in [7, 11) is 1.69. The summed E-state index contributed by atoms with van der Waals surface area (Å²) in [5, 5.41) is 3.28. The maximum atomic E-state index is 12.8. The number of benzene rings is 2. The molecule has 3 N–H and O–H groups in total. The number of ether oxygens (including phenoxy) is 1. The number of carbonyl (C=O) groups excluding carboxylic acids is 1. The highest BCUT2D eigenvalue weighted by atomic mass is 35.5. The Hall–Kier alpha value is -2.08. The van der Waals surface area contributed by atoms with Crippen LogP contribution in [0.4, 0.5) is 0 Å². The summed E-state index contributed by atoms with van der Waals surface area (Å²) in [6.07, 6.45) is 3.47. The van der Waals surface area contributed by atoms with Crippen LogP contribution < -0.4 is 15.8 Å². The van der Waals surface area contributed by atoms with E-state index in [1.54, 1.807) is 7.11 Å². The van der Waals surface area contributed by atoms with E-state index < -0.39 is 0 Å². The lowest BCUT2D eigenvalue weighted by Crippen LogP contribution is -2.40. The summed E-state index contributed by atoms with van der Waals surface area (Å²) in [4.78, 5) is 15.4. The lowest BCUT2D eigenvalue weighted by Gasteiger charge is -2.29. The smallest absolute Gasteiger partial charge is 0.251 e. The predicted octanol–water partition coefficient (Wildman–Crippen LogP) is 3.28. The molecule has 0 bridgehead atoms. The molecule has 1 saturated carbocycles. The van der Waals surface area contributed by atoms with E-state index in [0.717, 1.165) is 24.3 Å². The second-order valence-corrected chi connectivity index (χ2v) is 7.46. The Labute approximate surface area is 172 Å². The van der Waals surface area contributed by atoms with E-state index in [2.05, 4.69) is 22.3 Å². The van der Waals surface area contributed by atoms with Gasteiger partial charge in [0.1, 0.15) is 5.75 Å². The predicted molar refractivity (Wildman–Crippen MR) is 113 cm³/mol. The van der Waals surface area contributed by atoms with Crippen LogP contribution in [0.25, 0.3) is 0 Å². The van der Waals surface area contributed by atoms with Crippen LogP contribution in [0, 0.1) is 0 Å². The Morgan fingerprint density at radius 3 is 2.57 bits per heavy atom. The van der Waals surface area contributed by atoms with Crippen LogP contribution in [0.5, 0.6) is 5.75 Å². The van der Waals surface area contributed by atoms with E-state index in [9.17, 15) is 4.79 Å². The number of nitrogens with zero attached hydrogens (tertiary/aromatic N) is 1. The summed E-state index contributed by atoms with van der Waals surface area (Å²) in [6, 6.07) is 16.7. The summed E-state index contributed by atoms with van der Waals surface area (Å²) in [6.45, 7) is 1.50. The van der Waals surface area contributed by atoms with Crippen LogP contribution in [0.3, 0.4) is 0 Å². The van der Waals surface area contributed by atoms with Crippen LogP contribution in [0.1, 0.15) is 46.8 Å². The highest BCUT2D eigenvalue weighted by molar-refractivity contribution is 5.94. The third-order valence-electron chi connectivity index (χ3n) is 5.66. The first-order chi connectivity index (χ1) is 13.2. The van der Waals surface area contributed by atoms with Crippen LogP contribution >= 0.6 is 12.4 Å². The molecule has 2 unspecified atom stereocenters. The molecule has 0 spiro atoms. The number of nitrogens with two attached hydrogens (primary N) is 1. The molecule has 28 heavy (non-hydrogen) atoms. The number of methoxy groups -OCH3 is 1. The molecule has 0 radical (unpaired) electrons. The summed E-state index contributed by atoms with van der Waals surface area (Å²) in [5.74, 6) is 0.840. The molecule has 2 fully saturated rings. The van der Waals surface area contributed by atoms with Gasteiger partial charge in [0, 0.05) is 24.7 Å². The molecule has 1 heterocycles. The van der Waals surface area contributed by atoms with Gasteiger partial charge in [-0.3, -0.25) is 9.69 Å². The second kappa shape index (κ2) is 8.95. The van der Waals surface area contributed by atoms with Crippen LogP contribution in [-0.4, -0.2) is 36.5 Å². The molecule has 6 heteroatoms. The van der Waals surface area contributed by atoms with Crippen molar-refractivity contribution in [1.29, 1.82) is 0 Å². The van der Waals surface area contributed by atoms with E-state index >= 15 is 0 Å². The van der Waals surface area contributed by atoms with Crippen molar-refractivity contribution < 1.29 is 9.53 Å². The van der Waals surface area contributed by atoms with Gasteiger partial charge in [0.2, 0.25) is 0 Å². The Bertz CT molecular complexity index is 808. The highest BCUT2D eigenvalue weighted by Crippen LogP contribution is 2.41. The Balaban J connectivity index is 0.00000225.